The second kappa shape index (κ2) is 6.85. The lowest BCUT2D eigenvalue weighted by Gasteiger charge is -2.39. The summed E-state index contributed by atoms with van der Waals surface area (Å²) in [5.74, 6) is 0. The van der Waals surface area contributed by atoms with Crippen LogP contribution >= 0.6 is 12.2 Å². The molecule has 1 aromatic heterocycles. The van der Waals surface area contributed by atoms with Crippen molar-refractivity contribution in [3.8, 4) is 0 Å². The molecule has 1 aliphatic rings. The lowest BCUT2D eigenvalue weighted by Crippen LogP contribution is -2.47. The Balaban J connectivity index is 2.04. The van der Waals surface area contributed by atoms with Crippen LogP contribution in [-0.4, -0.2) is 27.1 Å². The molecule has 19 heavy (non-hydrogen) atoms. The van der Waals surface area contributed by atoms with Gasteiger partial charge in [-0.05, 0) is 51.0 Å². The molecule has 1 aromatic rings. The van der Waals surface area contributed by atoms with Gasteiger partial charge in [0.2, 0.25) is 0 Å². The number of nitrogens with one attached hydrogen (secondary N) is 1. The maximum Gasteiger partial charge on any atom is 0.173 e. The fourth-order valence-electron chi connectivity index (χ4n) is 2.81. The quantitative estimate of drug-likeness (QED) is 0.850. The molecule has 1 saturated carbocycles. The smallest absolute Gasteiger partial charge is 0.173 e. The summed E-state index contributed by atoms with van der Waals surface area (Å²) in [7, 11) is 0. The molecular weight excluding hydrogens is 254 g/mol. The Morgan fingerprint density at radius 3 is 2.68 bits per heavy atom. The van der Waals surface area contributed by atoms with E-state index in [1.807, 2.05) is 18.3 Å². The first-order chi connectivity index (χ1) is 9.18. The third-order valence-electron chi connectivity index (χ3n) is 3.67. The number of hydrogen-bond donors (Lipinski definition) is 1. The number of hydrogen-bond acceptors (Lipinski definition) is 2. The number of thiocarbonyl (C=S) groups is 1. The van der Waals surface area contributed by atoms with E-state index in [0.29, 0.717) is 12.1 Å². The minimum Gasteiger partial charge on any atom is -0.344 e. The van der Waals surface area contributed by atoms with Crippen LogP contribution in [-0.2, 0) is 0 Å². The van der Waals surface area contributed by atoms with E-state index in [1.54, 1.807) is 6.20 Å². The van der Waals surface area contributed by atoms with Crippen LogP contribution in [0.5, 0.6) is 0 Å². The molecule has 1 fully saturated rings. The lowest BCUT2D eigenvalue weighted by atomic mass is 9.93. The number of rotatable bonds is 3. The van der Waals surface area contributed by atoms with Crippen molar-refractivity contribution in [2.24, 2.45) is 0 Å². The van der Waals surface area contributed by atoms with E-state index in [9.17, 15) is 0 Å². The van der Waals surface area contributed by atoms with Crippen molar-refractivity contribution in [1.82, 2.24) is 9.88 Å². The fourth-order valence-corrected chi connectivity index (χ4v) is 3.28. The summed E-state index contributed by atoms with van der Waals surface area (Å²) < 4.78 is 0. The molecule has 0 atom stereocenters. The maximum absolute atomic E-state index is 5.60. The van der Waals surface area contributed by atoms with Gasteiger partial charge in [0.1, 0.15) is 0 Å². The molecule has 2 rings (SSSR count). The Bertz CT molecular complexity index is 399. The van der Waals surface area contributed by atoms with E-state index in [0.717, 1.165) is 10.8 Å². The number of aromatic nitrogens is 1. The highest BCUT2D eigenvalue weighted by atomic mass is 32.1. The Hall–Kier alpha value is -1.16. The van der Waals surface area contributed by atoms with Crippen LogP contribution in [0.25, 0.3) is 0 Å². The second-order valence-electron chi connectivity index (χ2n) is 5.46. The van der Waals surface area contributed by atoms with Crippen LogP contribution in [0.15, 0.2) is 24.5 Å². The van der Waals surface area contributed by atoms with Crippen molar-refractivity contribution >= 4 is 23.0 Å². The van der Waals surface area contributed by atoms with E-state index in [1.165, 1.54) is 32.1 Å². The molecule has 3 nitrogen and oxygen atoms in total. The summed E-state index contributed by atoms with van der Waals surface area (Å²) in [6.45, 7) is 4.43. The van der Waals surface area contributed by atoms with Crippen molar-refractivity contribution in [2.75, 3.05) is 5.32 Å². The minimum atomic E-state index is 0.430. The molecule has 104 valence electrons. The summed E-state index contributed by atoms with van der Waals surface area (Å²) in [5, 5.41) is 4.14. The predicted octanol–water partition coefficient (Wildman–Crippen LogP) is 3.82. The molecule has 0 spiro atoms. The predicted molar refractivity (Wildman–Crippen MR) is 84.3 cm³/mol. The molecule has 0 unspecified atom stereocenters. The van der Waals surface area contributed by atoms with Gasteiger partial charge in [-0.1, -0.05) is 19.3 Å². The second-order valence-corrected chi connectivity index (χ2v) is 5.85. The van der Waals surface area contributed by atoms with Gasteiger partial charge < -0.3 is 10.2 Å². The summed E-state index contributed by atoms with van der Waals surface area (Å²) >= 11 is 5.60. The highest BCUT2D eigenvalue weighted by Crippen LogP contribution is 2.25. The van der Waals surface area contributed by atoms with Crippen LogP contribution in [0.3, 0.4) is 0 Å². The average Bonchev–Trinajstić information content (AvgIpc) is 2.40. The van der Waals surface area contributed by atoms with Crippen molar-refractivity contribution in [2.45, 2.75) is 58.0 Å². The summed E-state index contributed by atoms with van der Waals surface area (Å²) in [5.41, 5.74) is 0.967. The molecule has 0 aliphatic heterocycles. The largest absolute Gasteiger partial charge is 0.344 e. The molecule has 1 N–H and O–H groups in total. The normalized spacial score (nSPS) is 16.4. The Morgan fingerprint density at radius 1 is 1.37 bits per heavy atom. The van der Waals surface area contributed by atoms with Crippen LogP contribution in [0, 0.1) is 0 Å². The van der Waals surface area contributed by atoms with E-state index in [2.05, 4.69) is 29.0 Å². The fraction of sp³-hybridized carbons (Fsp3) is 0.600. The highest BCUT2D eigenvalue weighted by molar-refractivity contribution is 7.80. The third kappa shape index (κ3) is 3.90. The first-order valence-electron chi connectivity index (χ1n) is 7.18. The lowest BCUT2D eigenvalue weighted by molar-refractivity contribution is 0.211. The van der Waals surface area contributed by atoms with Gasteiger partial charge >= 0.3 is 0 Å². The minimum absolute atomic E-state index is 0.430. The first-order valence-corrected chi connectivity index (χ1v) is 7.58. The van der Waals surface area contributed by atoms with Crippen molar-refractivity contribution in [3.63, 3.8) is 0 Å². The molecule has 0 aromatic carbocycles. The van der Waals surface area contributed by atoms with Crippen molar-refractivity contribution in [3.05, 3.63) is 24.5 Å². The van der Waals surface area contributed by atoms with Crippen molar-refractivity contribution in [1.29, 1.82) is 0 Å². The molecule has 0 bridgehead atoms. The van der Waals surface area contributed by atoms with Crippen LogP contribution < -0.4 is 5.32 Å². The van der Waals surface area contributed by atoms with Gasteiger partial charge in [-0.25, -0.2) is 0 Å². The summed E-state index contributed by atoms with van der Waals surface area (Å²) in [6.07, 6.45) is 10.1. The molecule has 0 saturated heterocycles. The van der Waals surface area contributed by atoms with Gasteiger partial charge in [0, 0.05) is 18.3 Å². The monoisotopic (exact) mass is 277 g/mol. The number of pyridine rings is 1. The molecule has 0 amide bonds. The van der Waals surface area contributed by atoms with Gasteiger partial charge in [0.25, 0.3) is 0 Å². The van der Waals surface area contributed by atoms with E-state index < -0.39 is 0 Å². The van der Waals surface area contributed by atoms with Crippen molar-refractivity contribution < 1.29 is 0 Å². The van der Waals surface area contributed by atoms with Crippen LogP contribution in [0.2, 0.25) is 0 Å². The zero-order valence-corrected chi connectivity index (χ0v) is 12.6. The molecular formula is C15H23N3S. The molecule has 0 radical (unpaired) electrons. The molecule has 1 aliphatic carbocycles. The van der Waals surface area contributed by atoms with Gasteiger partial charge in [-0.3, -0.25) is 4.98 Å². The Kier molecular flexibility index (Phi) is 5.14. The average molecular weight is 277 g/mol. The molecule has 4 heteroatoms. The number of anilines is 1. The van der Waals surface area contributed by atoms with E-state index in [-0.39, 0.29) is 0 Å². The zero-order chi connectivity index (χ0) is 13.7. The van der Waals surface area contributed by atoms with Gasteiger partial charge in [0.15, 0.2) is 5.11 Å². The Morgan fingerprint density at radius 2 is 2.11 bits per heavy atom. The maximum atomic E-state index is 5.60. The van der Waals surface area contributed by atoms with Gasteiger partial charge in [0.05, 0.1) is 11.9 Å². The van der Waals surface area contributed by atoms with Gasteiger partial charge in [-0.15, -0.1) is 0 Å². The standard InChI is InChI=1S/C15H23N3S/c1-12(2)18(14-8-4-3-5-9-14)15(19)17-13-7-6-10-16-11-13/h6-7,10-12,14H,3-5,8-9H2,1-2H3,(H,17,19). The van der Waals surface area contributed by atoms with E-state index >= 15 is 0 Å². The zero-order valence-electron chi connectivity index (χ0n) is 11.8. The highest BCUT2D eigenvalue weighted by Gasteiger charge is 2.25. The van der Waals surface area contributed by atoms with E-state index in [4.69, 9.17) is 12.2 Å². The summed E-state index contributed by atoms with van der Waals surface area (Å²) in [6, 6.07) is 4.94. The first kappa shape index (κ1) is 14.3. The third-order valence-corrected chi connectivity index (χ3v) is 3.98. The van der Waals surface area contributed by atoms with Crippen LogP contribution in [0.4, 0.5) is 5.69 Å². The SMILES string of the molecule is CC(C)N(C(=S)Nc1cccnc1)C1CCCCC1. The van der Waals surface area contributed by atoms with Crippen LogP contribution in [0.1, 0.15) is 46.0 Å². The molecule has 1 heterocycles. The van der Waals surface area contributed by atoms with Gasteiger partial charge in [-0.2, -0.15) is 0 Å². The Labute approximate surface area is 121 Å². The summed E-state index contributed by atoms with van der Waals surface area (Å²) in [4.78, 5) is 6.48. The number of nitrogens with zero attached hydrogens (tertiary/aromatic N) is 2. The topological polar surface area (TPSA) is 28.2 Å².